The Balaban J connectivity index is 1.67. The molecule has 58 heavy (non-hydrogen) atoms. The lowest BCUT2D eigenvalue weighted by Crippen LogP contribution is -2.41. The number of imidazole rings is 1. The molecule has 3 heterocycles. The number of aromatic nitrogens is 4. The SMILES string of the molecule is CCCCCCCCCCCC(=O)OCC1OC(n2cnc3c(=S)nc[nH]c32)C(OC(=O)CCCCCCCCCCC)C1OC(=O)CCCCCCCCCCC. The van der Waals surface area contributed by atoms with E-state index in [4.69, 9.17) is 31.2 Å². The molecule has 0 spiro atoms. The normalized spacial score (nSPS) is 17.8. The van der Waals surface area contributed by atoms with Crippen LogP contribution in [0.25, 0.3) is 11.2 Å². The number of rotatable bonds is 35. The summed E-state index contributed by atoms with van der Waals surface area (Å²) in [4.78, 5) is 51.6. The molecule has 12 heteroatoms. The Kier molecular flexibility index (Phi) is 26.5. The summed E-state index contributed by atoms with van der Waals surface area (Å²) in [6.07, 6.45) is 30.8. The van der Waals surface area contributed by atoms with Crippen LogP contribution in [-0.4, -0.2) is 62.3 Å². The summed E-state index contributed by atoms with van der Waals surface area (Å²) in [5.74, 6) is -1.09. The summed E-state index contributed by atoms with van der Waals surface area (Å²) in [6.45, 7) is 6.54. The predicted molar refractivity (Wildman–Crippen MR) is 233 cm³/mol. The first-order chi connectivity index (χ1) is 28.4. The Bertz CT molecular complexity index is 1460. The molecular weight excluding hydrogens is 753 g/mol. The van der Waals surface area contributed by atoms with E-state index in [2.05, 4.69) is 35.7 Å². The predicted octanol–water partition coefficient (Wildman–Crippen LogP) is 12.5. The fourth-order valence-electron chi connectivity index (χ4n) is 7.81. The van der Waals surface area contributed by atoms with Crippen LogP contribution in [0, 0.1) is 4.64 Å². The van der Waals surface area contributed by atoms with Crippen LogP contribution in [0.3, 0.4) is 0 Å². The Morgan fingerprint density at radius 1 is 0.603 bits per heavy atom. The van der Waals surface area contributed by atoms with E-state index in [0.29, 0.717) is 35.1 Å². The van der Waals surface area contributed by atoms with Crippen LogP contribution >= 0.6 is 12.2 Å². The quantitative estimate of drug-likeness (QED) is 0.0309. The summed E-state index contributed by atoms with van der Waals surface area (Å²) in [5, 5.41) is 0. The molecule has 2 aromatic rings. The van der Waals surface area contributed by atoms with Crippen LogP contribution in [0.15, 0.2) is 12.7 Å². The highest BCUT2D eigenvalue weighted by molar-refractivity contribution is 7.71. The molecule has 0 bridgehead atoms. The molecule has 4 atom stereocenters. The number of nitrogens with zero attached hydrogens (tertiary/aromatic N) is 3. The molecule has 1 aliphatic heterocycles. The molecule has 3 rings (SSSR count). The van der Waals surface area contributed by atoms with E-state index in [-0.39, 0.29) is 37.4 Å². The third-order valence-corrected chi connectivity index (χ3v) is 11.6. The summed E-state index contributed by atoms with van der Waals surface area (Å²) in [5.41, 5.74) is 1.00. The zero-order chi connectivity index (χ0) is 41.6. The molecule has 2 aromatic heterocycles. The van der Waals surface area contributed by atoms with E-state index >= 15 is 0 Å². The van der Waals surface area contributed by atoms with E-state index < -0.39 is 24.5 Å². The highest BCUT2D eigenvalue weighted by Crippen LogP contribution is 2.36. The summed E-state index contributed by atoms with van der Waals surface area (Å²) < 4.78 is 26.7. The minimum absolute atomic E-state index is 0.140. The van der Waals surface area contributed by atoms with Crippen molar-refractivity contribution in [3.05, 3.63) is 17.3 Å². The van der Waals surface area contributed by atoms with Crippen molar-refractivity contribution in [1.82, 2.24) is 19.5 Å². The standard InChI is InChI=1S/C46H78N4O7S/c1-4-7-10-13-16-19-22-25-28-31-38(51)54-34-37-42(56-39(52)32-29-26-23-20-17-14-11-8-5-2)43(57-40(53)33-30-27-24-21-18-15-12-9-6-3)46(55-37)50-36-49-41-44(50)47-35-48-45(41)58/h35-37,42-43,46H,4-34H2,1-3H3,(H,47,48,58). The second kappa shape index (κ2) is 31.1. The summed E-state index contributed by atoms with van der Waals surface area (Å²) >= 11 is 5.43. The van der Waals surface area contributed by atoms with Gasteiger partial charge in [0.1, 0.15) is 23.9 Å². The molecule has 0 aliphatic carbocycles. The van der Waals surface area contributed by atoms with Crippen molar-refractivity contribution in [1.29, 1.82) is 0 Å². The topological polar surface area (TPSA) is 135 Å². The van der Waals surface area contributed by atoms with Gasteiger partial charge in [-0.1, -0.05) is 187 Å². The van der Waals surface area contributed by atoms with Gasteiger partial charge >= 0.3 is 17.9 Å². The fraction of sp³-hybridized carbons (Fsp3) is 0.826. The number of carbonyl (C=O) groups excluding carboxylic acids is 3. The minimum Gasteiger partial charge on any atom is -0.463 e. The van der Waals surface area contributed by atoms with Crippen molar-refractivity contribution in [2.24, 2.45) is 0 Å². The minimum atomic E-state index is -1.01. The van der Waals surface area contributed by atoms with Crippen LogP contribution in [0.1, 0.15) is 220 Å². The van der Waals surface area contributed by atoms with Gasteiger partial charge in [0.05, 0.1) is 12.7 Å². The van der Waals surface area contributed by atoms with Crippen molar-refractivity contribution < 1.29 is 33.3 Å². The molecule has 4 unspecified atom stereocenters. The van der Waals surface area contributed by atoms with Crippen LogP contribution in [0.5, 0.6) is 0 Å². The number of carbonyl (C=O) groups is 3. The molecule has 0 amide bonds. The number of ether oxygens (including phenoxy) is 4. The first kappa shape index (κ1) is 49.5. The average molecular weight is 831 g/mol. The van der Waals surface area contributed by atoms with Crippen molar-refractivity contribution in [2.75, 3.05) is 6.61 Å². The Labute approximate surface area is 354 Å². The fourth-order valence-corrected chi connectivity index (χ4v) is 8.01. The number of hydrogen-bond donors (Lipinski definition) is 1. The molecule has 330 valence electrons. The number of unbranched alkanes of at least 4 members (excludes halogenated alkanes) is 24. The van der Waals surface area contributed by atoms with Crippen molar-refractivity contribution >= 4 is 41.3 Å². The lowest BCUT2D eigenvalue weighted by atomic mass is 10.1. The van der Waals surface area contributed by atoms with Gasteiger partial charge < -0.3 is 23.9 Å². The third kappa shape index (κ3) is 19.5. The monoisotopic (exact) mass is 831 g/mol. The first-order valence-corrected chi connectivity index (χ1v) is 23.9. The maximum absolute atomic E-state index is 13.5. The number of H-pyrrole nitrogens is 1. The smallest absolute Gasteiger partial charge is 0.306 e. The molecule has 1 saturated heterocycles. The van der Waals surface area contributed by atoms with Crippen molar-refractivity contribution in [2.45, 2.75) is 238 Å². The van der Waals surface area contributed by atoms with Crippen molar-refractivity contribution in [3.63, 3.8) is 0 Å². The van der Waals surface area contributed by atoms with Crippen LogP contribution < -0.4 is 0 Å². The molecule has 1 fully saturated rings. The molecule has 0 radical (unpaired) electrons. The zero-order valence-electron chi connectivity index (χ0n) is 36.5. The molecule has 1 N–H and O–H groups in total. The van der Waals surface area contributed by atoms with Gasteiger partial charge in [0.25, 0.3) is 0 Å². The van der Waals surface area contributed by atoms with Gasteiger partial charge in [0, 0.05) is 19.3 Å². The number of hydrogen-bond acceptors (Lipinski definition) is 10. The van der Waals surface area contributed by atoms with Gasteiger partial charge in [-0.3, -0.25) is 19.0 Å². The molecule has 1 aliphatic rings. The molecular formula is C46H78N4O7S. The number of aromatic amines is 1. The van der Waals surface area contributed by atoms with E-state index in [0.717, 1.165) is 57.8 Å². The van der Waals surface area contributed by atoms with Gasteiger partial charge in [0.2, 0.25) is 0 Å². The third-order valence-electron chi connectivity index (χ3n) is 11.3. The molecule has 11 nitrogen and oxygen atoms in total. The van der Waals surface area contributed by atoms with E-state index in [1.165, 1.54) is 109 Å². The second-order valence-corrected chi connectivity index (χ2v) is 16.8. The van der Waals surface area contributed by atoms with Gasteiger partial charge in [-0.25, -0.2) is 9.97 Å². The maximum Gasteiger partial charge on any atom is 0.306 e. The average Bonchev–Trinajstić information content (AvgIpc) is 3.79. The molecule has 0 saturated carbocycles. The Morgan fingerprint density at radius 3 is 1.48 bits per heavy atom. The van der Waals surface area contributed by atoms with Crippen LogP contribution in [-0.2, 0) is 33.3 Å². The van der Waals surface area contributed by atoms with Gasteiger partial charge in [-0.15, -0.1) is 0 Å². The maximum atomic E-state index is 13.5. The number of fused-ring (bicyclic) bond motifs is 1. The zero-order valence-corrected chi connectivity index (χ0v) is 37.3. The van der Waals surface area contributed by atoms with Crippen molar-refractivity contribution in [3.8, 4) is 0 Å². The van der Waals surface area contributed by atoms with Crippen LogP contribution in [0.2, 0.25) is 0 Å². The van der Waals surface area contributed by atoms with E-state index in [9.17, 15) is 14.4 Å². The largest absolute Gasteiger partial charge is 0.463 e. The molecule has 0 aromatic carbocycles. The highest BCUT2D eigenvalue weighted by Gasteiger charge is 2.51. The number of nitrogens with one attached hydrogen (secondary N) is 1. The highest BCUT2D eigenvalue weighted by atomic mass is 32.1. The number of esters is 3. The summed E-state index contributed by atoms with van der Waals surface area (Å²) in [7, 11) is 0. The van der Waals surface area contributed by atoms with E-state index in [1.807, 2.05) is 0 Å². The second-order valence-electron chi connectivity index (χ2n) is 16.4. The Morgan fingerprint density at radius 2 is 1.02 bits per heavy atom. The lowest BCUT2D eigenvalue weighted by molar-refractivity contribution is -0.169. The van der Waals surface area contributed by atoms with E-state index in [1.54, 1.807) is 10.9 Å². The van der Waals surface area contributed by atoms with Gasteiger partial charge in [-0.2, -0.15) is 0 Å². The van der Waals surface area contributed by atoms with Crippen LogP contribution in [0.4, 0.5) is 0 Å². The Hall–Kier alpha value is -2.86. The van der Waals surface area contributed by atoms with Gasteiger partial charge in [-0.05, 0) is 19.3 Å². The first-order valence-electron chi connectivity index (χ1n) is 23.5. The lowest BCUT2D eigenvalue weighted by Gasteiger charge is -2.25. The summed E-state index contributed by atoms with van der Waals surface area (Å²) in [6, 6.07) is 0. The van der Waals surface area contributed by atoms with Gasteiger partial charge in [0.15, 0.2) is 23.1 Å².